The van der Waals surface area contributed by atoms with Gasteiger partial charge in [-0.25, -0.2) is 0 Å². The molecule has 0 bridgehead atoms. The summed E-state index contributed by atoms with van der Waals surface area (Å²) >= 11 is 1.81. The fraction of sp³-hybridized carbons (Fsp3) is 0.571. The van der Waals surface area contributed by atoms with Crippen LogP contribution in [-0.4, -0.2) is 16.7 Å². The predicted molar refractivity (Wildman–Crippen MR) is 75.5 cm³/mol. The van der Waals surface area contributed by atoms with Crippen LogP contribution < -0.4 is 0 Å². The molecule has 4 heteroatoms. The molecular formula is C14H19NO2S. The van der Waals surface area contributed by atoms with Crippen LogP contribution in [0.4, 0.5) is 0 Å². The number of nitrogens with zero attached hydrogens (tertiary/aromatic N) is 1. The molecule has 0 spiro atoms. The van der Waals surface area contributed by atoms with Crippen molar-refractivity contribution in [3.05, 3.63) is 46.0 Å². The summed E-state index contributed by atoms with van der Waals surface area (Å²) in [6.07, 6.45) is 6.30. The van der Waals surface area contributed by atoms with Gasteiger partial charge in [-0.15, -0.1) is 11.8 Å². The molecule has 0 heterocycles. The Morgan fingerprint density at radius 3 is 2.50 bits per heavy atom. The molecule has 1 fully saturated rings. The molecule has 1 atom stereocenters. The smallest absolute Gasteiger partial charge is 0.219 e. The largest absolute Gasteiger partial charge is 0.264 e. The Balaban J connectivity index is 2.02. The van der Waals surface area contributed by atoms with Crippen molar-refractivity contribution in [2.75, 3.05) is 6.54 Å². The zero-order valence-corrected chi connectivity index (χ0v) is 11.3. The van der Waals surface area contributed by atoms with Gasteiger partial charge in [0.15, 0.2) is 0 Å². The first-order valence-corrected chi connectivity index (χ1v) is 7.52. The zero-order valence-electron chi connectivity index (χ0n) is 10.5. The average Bonchev–Trinajstić information content (AvgIpc) is 2.40. The fourth-order valence-electron chi connectivity index (χ4n) is 2.46. The quantitative estimate of drug-likeness (QED) is 0.595. The van der Waals surface area contributed by atoms with Gasteiger partial charge < -0.3 is 0 Å². The number of benzene rings is 1. The molecule has 1 aliphatic rings. The van der Waals surface area contributed by atoms with Gasteiger partial charge in [0.1, 0.15) is 0 Å². The van der Waals surface area contributed by atoms with Crippen LogP contribution in [0.25, 0.3) is 0 Å². The van der Waals surface area contributed by atoms with E-state index in [0.29, 0.717) is 5.25 Å². The second-order valence-corrected chi connectivity index (χ2v) is 6.32. The Hall–Kier alpha value is -1.03. The molecule has 0 unspecified atom stereocenters. The molecule has 0 radical (unpaired) electrons. The summed E-state index contributed by atoms with van der Waals surface area (Å²) in [4.78, 5) is 10.6. The lowest BCUT2D eigenvalue weighted by molar-refractivity contribution is -0.479. The van der Waals surface area contributed by atoms with Gasteiger partial charge in [0.05, 0.1) is 5.25 Å². The highest BCUT2D eigenvalue weighted by Gasteiger charge is 2.24. The van der Waals surface area contributed by atoms with E-state index < -0.39 is 0 Å². The van der Waals surface area contributed by atoms with E-state index in [1.165, 1.54) is 32.1 Å². The van der Waals surface area contributed by atoms with Crippen LogP contribution in [0.1, 0.15) is 42.9 Å². The van der Waals surface area contributed by atoms with Crippen LogP contribution in [0.3, 0.4) is 0 Å². The summed E-state index contributed by atoms with van der Waals surface area (Å²) in [5.41, 5.74) is 1.09. The summed E-state index contributed by atoms with van der Waals surface area (Å²) in [6, 6.07) is 9.89. The van der Waals surface area contributed by atoms with Crippen LogP contribution in [0, 0.1) is 10.1 Å². The summed E-state index contributed by atoms with van der Waals surface area (Å²) in [5.74, 6) is 0. The molecule has 0 saturated heterocycles. The molecule has 2 rings (SSSR count). The van der Waals surface area contributed by atoms with Gasteiger partial charge in [0.2, 0.25) is 6.54 Å². The summed E-state index contributed by atoms with van der Waals surface area (Å²) in [5, 5.41) is 11.4. The molecule has 98 valence electrons. The maximum atomic E-state index is 10.8. The van der Waals surface area contributed by atoms with Gasteiger partial charge in [0.25, 0.3) is 0 Å². The Morgan fingerprint density at radius 2 is 1.89 bits per heavy atom. The highest BCUT2D eigenvalue weighted by molar-refractivity contribution is 8.00. The fourth-order valence-corrected chi connectivity index (χ4v) is 4.06. The van der Waals surface area contributed by atoms with Crippen LogP contribution in [0.5, 0.6) is 0 Å². The molecule has 0 aliphatic heterocycles. The number of hydrogen-bond acceptors (Lipinski definition) is 3. The Kier molecular flexibility index (Phi) is 5.05. The second-order valence-electron chi connectivity index (χ2n) is 4.81. The number of hydrogen-bond donors (Lipinski definition) is 0. The van der Waals surface area contributed by atoms with Gasteiger partial charge in [0, 0.05) is 10.2 Å². The standard InChI is InChI=1S/C14H19NO2S/c16-15(17)11-14(12-7-3-1-4-8-12)18-13-9-5-2-6-10-13/h1,3-4,7-8,13-14H,2,5-6,9-11H2/t14-/m1/s1. The lowest BCUT2D eigenvalue weighted by atomic mass is 10.0. The molecule has 1 aliphatic carbocycles. The predicted octanol–water partition coefficient (Wildman–Crippen LogP) is 4.07. The molecule has 1 aromatic rings. The Morgan fingerprint density at radius 1 is 1.22 bits per heavy atom. The second kappa shape index (κ2) is 6.78. The third-order valence-electron chi connectivity index (χ3n) is 3.40. The Bertz CT molecular complexity index is 377. The third kappa shape index (κ3) is 4.02. The number of nitro groups is 1. The monoisotopic (exact) mass is 265 g/mol. The minimum Gasteiger partial charge on any atom is -0.264 e. The van der Waals surface area contributed by atoms with Crippen LogP contribution in [0.2, 0.25) is 0 Å². The van der Waals surface area contributed by atoms with Crippen molar-refractivity contribution in [2.45, 2.75) is 42.6 Å². The van der Waals surface area contributed by atoms with E-state index in [1.54, 1.807) is 11.8 Å². The average molecular weight is 265 g/mol. The van der Waals surface area contributed by atoms with Gasteiger partial charge in [-0.3, -0.25) is 10.1 Å². The van der Waals surface area contributed by atoms with E-state index in [2.05, 4.69) is 0 Å². The minimum atomic E-state index is -0.187. The topological polar surface area (TPSA) is 43.1 Å². The normalized spacial score (nSPS) is 18.4. The van der Waals surface area contributed by atoms with Crippen molar-refractivity contribution in [3.63, 3.8) is 0 Å². The summed E-state index contributed by atoms with van der Waals surface area (Å²) in [7, 11) is 0. The number of thioether (sulfide) groups is 1. The molecule has 0 amide bonds. The van der Waals surface area contributed by atoms with Crippen molar-refractivity contribution in [2.24, 2.45) is 0 Å². The highest BCUT2D eigenvalue weighted by atomic mass is 32.2. The van der Waals surface area contributed by atoms with E-state index >= 15 is 0 Å². The maximum Gasteiger partial charge on any atom is 0.219 e. The SMILES string of the molecule is O=[N+]([O-])C[C@@H](SC1CCCCC1)c1ccccc1. The van der Waals surface area contributed by atoms with Crippen molar-refractivity contribution < 1.29 is 4.92 Å². The highest BCUT2D eigenvalue weighted by Crippen LogP contribution is 2.38. The van der Waals surface area contributed by atoms with Gasteiger partial charge in [-0.1, -0.05) is 49.6 Å². The lowest BCUT2D eigenvalue weighted by Crippen LogP contribution is -2.16. The third-order valence-corrected chi connectivity index (χ3v) is 5.00. The number of rotatable bonds is 5. The molecule has 0 aromatic heterocycles. The maximum absolute atomic E-state index is 10.8. The molecule has 1 saturated carbocycles. The zero-order chi connectivity index (χ0) is 12.8. The van der Waals surface area contributed by atoms with E-state index in [9.17, 15) is 10.1 Å². The van der Waals surface area contributed by atoms with Crippen LogP contribution in [0.15, 0.2) is 30.3 Å². The first-order chi connectivity index (χ1) is 8.75. The van der Waals surface area contributed by atoms with E-state index in [0.717, 1.165) is 5.56 Å². The minimum absolute atomic E-state index is 0.00398. The van der Waals surface area contributed by atoms with Gasteiger partial charge >= 0.3 is 0 Å². The molecule has 0 N–H and O–H groups in total. The van der Waals surface area contributed by atoms with Crippen LogP contribution in [-0.2, 0) is 0 Å². The first kappa shape index (κ1) is 13.4. The lowest BCUT2D eigenvalue weighted by Gasteiger charge is -2.24. The van der Waals surface area contributed by atoms with Crippen molar-refractivity contribution in [1.82, 2.24) is 0 Å². The first-order valence-electron chi connectivity index (χ1n) is 6.58. The van der Waals surface area contributed by atoms with E-state index in [4.69, 9.17) is 0 Å². The Labute approximate surface area is 112 Å². The van der Waals surface area contributed by atoms with E-state index in [1.807, 2.05) is 30.3 Å². The molecular weight excluding hydrogens is 246 g/mol. The van der Waals surface area contributed by atoms with Crippen molar-refractivity contribution in [1.29, 1.82) is 0 Å². The molecule has 18 heavy (non-hydrogen) atoms. The van der Waals surface area contributed by atoms with Crippen LogP contribution >= 0.6 is 11.8 Å². The van der Waals surface area contributed by atoms with Crippen molar-refractivity contribution in [3.8, 4) is 0 Å². The van der Waals surface area contributed by atoms with E-state index in [-0.39, 0.29) is 16.7 Å². The van der Waals surface area contributed by atoms with Crippen molar-refractivity contribution >= 4 is 11.8 Å². The summed E-state index contributed by atoms with van der Waals surface area (Å²) in [6.45, 7) is 0.0329. The van der Waals surface area contributed by atoms with Gasteiger partial charge in [-0.2, -0.15) is 0 Å². The summed E-state index contributed by atoms with van der Waals surface area (Å²) < 4.78 is 0. The van der Waals surface area contributed by atoms with Gasteiger partial charge in [-0.05, 0) is 18.4 Å². The molecule has 1 aromatic carbocycles. The molecule has 3 nitrogen and oxygen atoms in total.